The Morgan fingerprint density at radius 2 is 1.96 bits per heavy atom. The van der Waals surface area contributed by atoms with E-state index in [0.717, 1.165) is 40.3 Å². The van der Waals surface area contributed by atoms with Crippen LogP contribution in [0.2, 0.25) is 0 Å². The molecule has 2 aromatic carbocycles. The molecule has 1 fully saturated rings. The molecule has 1 aromatic heterocycles. The predicted molar refractivity (Wildman–Crippen MR) is 90.0 cm³/mol. The van der Waals surface area contributed by atoms with Gasteiger partial charge in [0.1, 0.15) is 5.75 Å². The van der Waals surface area contributed by atoms with Gasteiger partial charge in [-0.05, 0) is 54.3 Å². The highest BCUT2D eigenvalue weighted by Gasteiger charge is 2.38. The van der Waals surface area contributed by atoms with Crippen molar-refractivity contribution in [1.29, 1.82) is 0 Å². The molecule has 118 valence electrons. The molecule has 0 aliphatic heterocycles. The van der Waals surface area contributed by atoms with Gasteiger partial charge in [0.2, 0.25) is 0 Å². The lowest BCUT2D eigenvalue weighted by Gasteiger charge is -2.34. The minimum atomic E-state index is -0.405. The molecular weight excluding hydrogens is 358 g/mol. The highest BCUT2D eigenvalue weighted by atomic mass is 79.9. The topological polar surface area (TPSA) is 74.2 Å². The molecule has 0 unspecified atom stereocenters. The smallest absolute Gasteiger partial charge is 0.264 e. The van der Waals surface area contributed by atoms with Crippen LogP contribution < -0.4 is 10.5 Å². The zero-order valence-electron chi connectivity index (χ0n) is 12.5. The van der Waals surface area contributed by atoms with Gasteiger partial charge in [-0.1, -0.05) is 33.2 Å². The van der Waals surface area contributed by atoms with Crippen molar-refractivity contribution in [2.24, 2.45) is 5.73 Å². The molecule has 0 saturated heterocycles. The maximum Gasteiger partial charge on any atom is 0.264 e. The second-order valence-electron chi connectivity index (χ2n) is 5.96. The molecule has 1 aliphatic rings. The van der Waals surface area contributed by atoms with Crippen LogP contribution >= 0.6 is 15.9 Å². The van der Waals surface area contributed by atoms with E-state index >= 15 is 0 Å². The fourth-order valence-electron chi connectivity index (χ4n) is 2.73. The predicted octanol–water partition coefficient (Wildman–Crippen LogP) is 3.90. The molecule has 0 radical (unpaired) electrons. The molecule has 6 heteroatoms. The normalized spacial score (nSPS) is 16.3. The van der Waals surface area contributed by atoms with Crippen LogP contribution in [0.4, 0.5) is 0 Å². The van der Waals surface area contributed by atoms with Crippen molar-refractivity contribution in [3.8, 4) is 5.75 Å². The fourth-order valence-corrected chi connectivity index (χ4v) is 3.11. The molecule has 1 saturated carbocycles. The van der Waals surface area contributed by atoms with E-state index in [-0.39, 0.29) is 6.61 Å². The number of halogens is 1. The van der Waals surface area contributed by atoms with Crippen LogP contribution in [0.3, 0.4) is 0 Å². The van der Waals surface area contributed by atoms with Crippen molar-refractivity contribution >= 4 is 26.7 Å². The van der Waals surface area contributed by atoms with Crippen molar-refractivity contribution in [2.45, 2.75) is 31.4 Å². The van der Waals surface area contributed by atoms with Gasteiger partial charge in [-0.3, -0.25) is 0 Å². The molecule has 0 amide bonds. The first kappa shape index (κ1) is 14.7. The first-order chi connectivity index (χ1) is 11.1. The Kier molecular flexibility index (Phi) is 3.58. The molecule has 4 rings (SSSR count). The average Bonchev–Trinajstić information content (AvgIpc) is 3.00. The van der Waals surface area contributed by atoms with Gasteiger partial charge in [0.15, 0.2) is 12.4 Å². The molecule has 1 aliphatic carbocycles. The second kappa shape index (κ2) is 5.62. The Balaban J connectivity index is 1.47. The Morgan fingerprint density at radius 3 is 2.74 bits per heavy atom. The Labute approximate surface area is 141 Å². The van der Waals surface area contributed by atoms with Gasteiger partial charge in [-0.2, -0.15) is 4.98 Å². The summed E-state index contributed by atoms with van der Waals surface area (Å²) in [7, 11) is 0. The molecule has 0 bridgehead atoms. The summed E-state index contributed by atoms with van der Waals surface area (Å²) in [5, 5.41) is 6.26. The molecule has 0 atom stereocenters. The van der Waals surface area contributed by atoms with Gasteiger partial charge in [0.25, 0.3) is 5.89 Å². The SMILES string of the molecule is NC1(c2noc(COc3ccc4cc(Br)ccc4c3)n2)CCC1. The lowest BCUT2D eigenvalue weighted by Crippen LogP contribution is -2.44. The largest absolute Gasteiger partial charge is 0.484 e. The van der Waals surface area contributed by atoms with E-state index in [1.54, 1.807) is 0 Å². The van der Waals surface area contributed by atoms with Gasteiger partial charge in [-0.25, -0.2) is 0 Å². The number of hydrogen-bond donors (Lipinski definition) is 1. The van der Waals surface area contributed by atoms with Crippen molar-refractivity contribution < 1.29 is 9.26 Å². The summed E-state index contributed by atoms with van der Waals surface area (Å²) in [5.74, 6) is 1.81. The van der Waals surface area contributed by atoms with E-state index in [2.05, 4.69) is 32.1 Å². The van der Waals surface area contributed by atoms with Crippen LogP contribution in [-0.4, -0.2) is 10.1 Å². The van der Waals surface area contributed by atoms with Crippen LogP contribution in [0.15, 0.2) is 45.4 Å². The van der Waals surface area contributed by atoms with Gasteiger partial charge < -0.3 is 15.0 Å². The molecule has 23 heavy (non-hydrogen) atoms. The van der Waals surface area contributed by atoms with Crippen LogP contribution in [0, 0.1) is 0 Å². The van der Waals surface area contributed by atoms with Gasteiger partial charge in [0.05, 0.1) is 5.54 Å². The van der Waals surface area contributed by atoms with Crippen LogP contribution in [0.1, 0.15) is 31.0 Å². The van der Waals surface area contributed by atoms with Crippen molar-refractivity contribution in [3.63, 3.8) is 0 Å². The summed E-state index contributed by atoms with van der Waals surface area (Å²) in [5.41, 5.74) is 5.78. The Bertz CT molecular complexity index is 858. The summed E-state index contributed by atoms with van der Waals surface area (Å²) in [4.78, 5) is 4.36. The Morgan fingerprint density at radius 1 is 1.17 bits per heavy atom. The van der Waals surface area contributed by atoms with E-state index in [0.29, 0.717) is 11.7 Å². The van der Waals surface area contributed by atoms with Crippen molar-refractivity contribution in [3.05, 3.63) is 52.6 Å². The third kappa shape index (κ3) is 2.84. The Hall–Kier alpha value is -1.92. The fraction of sp³-hybridized carbons (Fsp3) is 0.294. The molecule has 1 heterocycles. The summed E-state index contributed by atoms with van der Waals surface area (Å²) in [6.07, 6.45) is 2.93. The number of hydrogen-bond acceptors (Lipinski definition) is 5. The van der Waals surface area contributed by atoms with Crippen molar-refractivity contribution in [2.75, 3.05) is 0 Å². The van der Waals surface area contributed by atoms with Crippen LogP contribution in [0.25, 0.3) is 10.8 Å². The monoisotopic (exact) mass is 373 g/mol. The number of nitrogens with zero attached hydrogens (tertiary/aromatic N) is 2. The summed E-state index contributed by atoms with van der Waals surface area (Å²) >= 11 is 3.47. The summed E-state index contributed by atoms with van der Waals surface area (Å²) in [6, 6.07) is 12.1. The van der Waals surface area contributed by atoms with E-state index in [9.17, 15) is 0 Å². The standard InChI is InChI=1S/C17H16BrN3O2/c18-13-4-2-12-9-14(5-3-11(12)8-13)22-10-15-20-16(21-23-15)17(19)6-1-7-17/h2-5,8-9H,1,6-7,10,19H2. The van der Waals surface area contributed by atoms with E-state index in [1.165, 1.54) is 0 Å². The first-order valence-electron chi connectivity index (χ1n) is 7.56. The maximum absolute atomic E-state index is 6.19. The number of fused-ring (bicyclic) bond motifs is 1. The second-order valence-corrected chi connectivity index (χ2v) is 6.88. The lowest BCUT2D eigenvalue weighted by molar-refractivity contribution is 0.223. The van der Waals surface area contributed by atoms with Crippen LogP contribution in [-0.2, 0) is 12.1 Å². The zero-order valence-corrected chi connectivity index (χ0v) is 14.0. The minimum Gasteiger partial charge on any atom is -0.484 e. The molecule has 3 aromatic rings. The van der Waals surface area contributed by atoms with Gasteiger partial charge in [-0.15, -0.1) is 0 Å². The van der Waals surface area contributed by atoms with E-state index in [1.807, 2.05) is 30.3 Å². The zero-order chi connectivity index (χ0) is 15.9. The summed E-state index contributed by atoms with van der Waals surface area (Å²) < 4.78 is 12.1. The van der Waals surface area contributed by atoms with Gasteiger partial charge in [0, 0.05) is 4.47 Å². The number of aromatic nitrogens is 2. The molecule has 5 nitrogen and oxygen atoms in total. The van der Waals surface area contributed by atoms with E-state index in [4.69, 9.17) is 15.0 Å². The number of benzene rings is 2. The average molecular weight is 374 g/mol. The third-order valence-corrected chi connectivity index (χ3v) is 4.79. The maximum atomic E-state index is 6.19. The highest BCUT2D eigenvalue weighted by molar-refractivity contribution is 9.10. The third-order valence-electron chi connectivity index (χ3n) is 4.30. The number of nitrogens with two attached hydrogens (primary N) is 1. The quantitative estimate of drug-likeness (QED) is 0.750. The summed E-state index contributed by atoms with van der Waals surface area (Å²) in [6.45, 7) is 0.241. The highest BCUT2D eigenvalue weighted by Crippen LogP contribution is 2.36. The number of ether oxygens (including phenoxy) is 1. The van der Waals surface area contributed by atoms with E-state index < -0.39 is 5.54 Å². The number of rotatable bonds is 4. The van der Waals surface area contributed by atoms with Crippen LogP contribution in [0.5, 0.6) is 5.75 Å². The molecule has 2 N–H and O–H groups in total. The van der Waals surface area contributed by atoms with Gasteiger partial charge >= 0.3 is 0 Å². The first-order valence-corrected chi connectivity index (χ1v) is 8.36. The molecule has 0 spiro atoms. The minimum absolute atomic E-state index is 0.241. The lowest BCUT2D eigenvalue weighted by atomic mass is 9.77. The molecular formula is C17H16BrN3O2. The van der Waals surface area contributed by atoms with Crippen molar-refractivity contribution in [1.82, 2.24) is 10.1 Å².